The van der Waals surface area contributed by atoms with Crippen LogP contribution in [0.25, 0.3) is 0 Å². The quantitative estimate of drug-likeness (QED) is 0.359. The second-order valence-corrected chi connectivity index (χ2v) is 4.31. The van der Waals surface area contributed by atoms with Crippen molar-refractivity contribution in [3.05, 3.63) is 34.4 Å². The molecule has 0 fully saturated rings. The summed E-state index contributed by atoms with van der Waals surface area (Å²) in [5.41, 5.74) is 0.0638. The van der Waals surface area contributed by atoms with Crippen molar-refractivity contribution in [2.75, 3.05) is 46.6 Å². The number of non-ortho nitro benzene ring substituents is 1. The molecular weight excluding hydrogens is 276 g/mol. The van der Waals surface area contributed by atoms with Gasteiger partial charge in [0.15, 0.2) is 0 Å². The molecular formula is C14H22N2O5. The minimum absolute atomic E-state index is 0.0638. The van der Waals surface area contributed by atoms with E-state index in [-0.39, 0.29) is 5.69 Å². The molecule has 21 heavy (non-hydrogen) atoms. The number of methoxy groups -OCH3 is 1. The molecule has 0 amide bonds. The summed E-state index contributed by atoms with van der Waals surface area (Å²) in [6, 6.07) is 6.06. The molecule has 0 aliphatic carbocycles. The van der Waals surface area contributed by atoms with Crippen molar-refractivity contribution in [1.82, 2.24) is 5.32 Å². The summed E-state index contributed by atoms with van der Waals surface area (Å²) in [6.07, 6.45) is 0.932. The van der Waals surface area contributed by atoms with Crippen LogP contribution in [-0.2, 0) is 9.47 Å². The van der Waals surface area contributed by atoms with E-state index in [1.807, 2.05) is 0 Å². The Morgan fingerprint density at radius 3 is 2.52 bits per heavy atom. The van der Waals surface area contributed by atoms with Crippen LogP contribution in [0.3, 0.4) is 0 Å². The Bertz CT molecular complexity index is 397. The SMILES string of the molecule is COCCOCCCNCCOc1ccc([N+](=O)[O-])cc1. The van der Waals surface area contributed by atoms with E-state index in [9.17, 15) is 10.1 Å². The lowest BCUT2D eigenvalue weighted by molar-refractivity contribution is -0.384. The van der Waals surface area contributed by atoms with Crippen molar-refractivity contribution in [1.29, 1.82) is 0 Å². The summed E-state index contributed by atoms with van der Waals surface area (Å²) in [6.45, 7) is 4.05. The zero-order valence-electron chi connectivity index (χ0n) is 12.2. The van der Waals surface area contributed by atoms with Crippen molar-refractivity contribution in [2.24, 2.45) is 0 Å². The van der Waals surface area contributed by atoms with Gasteiger partial charge < -0.3 is 19.5 Å². The van der Waals surface area contributed by atoms with E-state index in [1.54, 1.807) is 19.2 Å². The van der Waals surface area contributed by atoms with E-state index in [0.29, 0.717) is 32.2 Å². The molecule has 0 heterocycles. The highest BCUT2D eigenvalue weighted by Crippen LogP contribution is 2.16. The summed E-state index contributed by atoms with van der Waals surface area (Å²) in [5.74, 6) is 0.630. The number of nitro benzene ring substituents is 1. The van der Waals surface area contributed by atoms with Gasteiger partial charge in [0.2, 0.25) is 0 Å². The largest absolute Gasteiger partial charge is 0.492 e. The van der Waals surface area contributed by atoms with Crippen LogP contribution in [0.1, 0.15) is 6.42 Å². The van der Waals surface area contributed by atoms with Crippen molar-refractivity contribution in [3.63, 3.8) is 0 Å². The number of nitro groups is 1. The van der Waals surface area contributed by atoms with E-state index >= 15 is 0 Å². The van der Waals surface area contributed by atoms with Crippen LogP contribution < -0.4 is 10.1 Å². The van der Waals surface area contributed by atoms with E-state index < -0.39 is 4.92 Å². The summed E-state index contributed by atoms with van der Waals surface area (Å²) in [7, 11) is 1.65. The lowest BCUT2D eigenvalue weighted by atomic mass is 10.3. The van der Waals surface area contributed by atoms with Gasteiger partial charge in [-0.3, -0.25) is 10.1 Å². The molecule has 1 N–H and O–H groups in total. The number of nitrogens with zero attached hydrogens (tertiary/aromatic N) is 1. The number of ether oxygens (including phenoxy) is 3. The average molecular weight is 298 g/mol. The number of rotatable bonds is 12. The molecule has 0 aromatic heterocycles. The molecule has 1 rings (SSSR count). The van der Waals surface area contributed by atoms with Crippen LogP contribution in [0.15, 0.2) is 24.3 Å². The number of benzene rings is 1. The van der Waals surface area contributed by atoms with Gasteiger partial charge in [0, 0.05) is 32.4 Å². The van der Waals surface area contributed by atoms with Gasteiger partial charge in [-0.2, -0.15) is 0 Å². The highest BCUT2D eigenvalue weighted by atomic mass is 16.6. The first-order valence-corrected chi connectivity index (χ1v) is 6.88. The molecule has 0 saturated heterocycles. The maximum absolute atomic E-state index is 10.5. The van der Waals surface area contributed by atoms with Crippen LogP contribution in [0.2, 0.25) is 0 Å². The molecule has 0 spiro atoms. The summed E-state index contributed by atoms with van der Waals surface area (Å²) in [4.78, 5) is 10.1. The van der Waals surface area contributed by atoms with Gasteiger partial charge in [0.05, 0.1) is 18.1 Å². The first-order chi connectivity index (χ1) is 10.2. The van der Waals surface area contributed by atoms with E-state index in [2.05, 4.69) is 5.32 Å². The third-order valence-electron chi connectivity index (χ3n) is 2.67. The first-order valence-electron chi connectivity index (χ1n) is 6.88. The van der Waals surface area contributed by atoms with Gasteiger partial charge in [-0.25, -0.2) is 0 Å². The molecule has 0 saturated carbocycles. The molecule has 1 aromatic rings. The summed E-state index contributed by atoms with van der Waals surface area (Å²) in [5, 5.41) is 13.7. The zero-order chi connectivity index (χ0) is 15.3. The first kappa shape index (κ1) is 17.4. The van der Waals surface area contributed by atoms with Gasteiger partial charge >= 0.3 is 0 Å². The third-order valence-corrected chi connectivity index (χ3v) is 2.67. The molecule has 118 valence electrons. The molecule has 0 aliphatic rings. The Morgan fingerprint density at radius 2 is 1.86 bits per heavy atom. The standard InChI is InChI=1S/C14H22N2O5/c1-19-11-12-20-9-2-7-15-8-10-21-14-5-3-13(4-6-14)16(17)18/h3-6,15H,2,7-12H2,1H3. The van der Waals surface area contributed by atoms with Crippen LogP contribution in [0, 0.1) is 10.1 Å². The van der Waals surface area contributed by atoms with Crippen molar-refractivity contribution < 1.29 is 19.1 Å². The summed E-state index contributed by atoms with van der Waals surface area (Å²) < 4.78 is 15.7. The minimum atomic E-state index is -0.431. The molecule has 1 aromatic carbocycles. The third kappa shape index (κ3) is 8.23. The Kier molecular flexibility index (Phi) is 9.10. The Morgan fingerprint density at radius 1 is 1.10 bits per heavy atom. The van der Waals surface area contributed by atoms with Crippen LogP contribution in [0.4, 0.5) is 5.69 Å². The van der Waals surface area contributed by atoms with E-state index in [4.69, 9.17) is 14.2 Å². The maximum atomic E-state index is 10.5. The second kappa shape index (κ2) is 11.0. The van der Waals surface area contributed by atoms with Crippen LogP contribution >= 0.6 is 0 Å². The average Bonchev–Trinajstić information content (AvgIpc) is 2.49. The van der Waals surface area contributed by atoms with Crippen LogP contribution in [0.5, 0.6) is 5.75 Å². The fourth-order valence-electron chi connectivity index (χ4n) is 1.57. The minimum Gasteiger partial charge on any atom is -0.492 e. The number of hydrogen-bond donors (Lipinski definition) is 1. The highest BCUT2D eigenvalue weighted by molar-refractivity contribution is 5.35. The monoisotopic (exact) mass is 298 g/mol. The molecule has 0 radical (unpaired) electrons. The van der Waals surface area contributed by atoms with E-state index in [0.717, 1.165) is 19.5 Å². The number of hydrogen-bond acceptors (Lipinski definition) is 6. The fourth-order valence-corrected chi connectivity index (χ4v) is 1.57. The second-order valence-electron chi connectivity index (χ2n) is 4.31. The maximum Gasteiger partial charge on any atom is 0.269 e. The van der Waals surface area contributed by atoms with Gasteiger partial charge in [-0.15, -0.1) is 0 Å². The van der Waals surface area contributed by atoms with Crippen molar-refractivity contribution in [3.8, 4) is 5.75 Å². The Hall–Kier alpha value is -1.70. The molecule has 7 heteroatoms. The van der Waals surface area contributed by atoms with E-state index in [1.165, 1.54) is 12.1 Å². The lowest BCUT2D eigenvalue weighted by Crippen LogP contribution is -2.23. The lowest BCUT2D eigenvalue weighted by Gasteiger charge is -2.07. The zero-order valence-corrected chi connectivity index (χ0v) is 12.2. The normalized spacial score (nSPS) is 10.5. The molecule has 0 unspecified atom stereocenters. The Labute approximate surface area is 124 Å². The topological polar surface area (TPSA) is 82.9 Å². The Balaban J connectivity index is 1.98. The highest BCUT2D eigenvalue weighted by Gasteiger charge is 2.03. The smallest absolute Gasteiger partial charge is 0.269 e. The molecule has 0 atom stereocenters. The van der Waals surface area contributed by atoms with Crippen molar-refractivity contribution in [2.45, 2.75) is 6.42 Å². The van der Waals surface area contributed by atoms with Crippen LogP contribution in [-0.4, -0.2) is 51.6 Å². The van der Waals surface area contributed by atoms with Crippen molar-refractivity contribution >= 4 is 5.69 Å². The predicted molar refractivity (Wildman–Crippen MR) is 78.8 cm³/mol. The summed E-state index contributed by atoms with van der Waals surface area (Å²) >= 11 is 0. The number of nitrogens with one attached hydrogen (secondary N) is 1. The van der Waals surface area contributed by atoms with Gasteiger partial charge in [-0.05, 0) is 25.1 Å². The van der Waals surface area contributed by atoms with Gasteiger partial charge in [0.1, 0.15) is 12.4 Å². The molecule has 7 nitrogen and oxygen atoms in total. The predicted octanol–water partition coefficient (Wildman–Crippen LogP) is 1.62. The fraction of sp³-hybridized carbons (Fsp3) is 0.571. The van der Waals surface area contributed by atoms with Gasteiger partial charge in [0.25, 0.3) is 5.69 Å². The molecule has 0 aliphatic heterocycles. The molecule has 0 bridgehead atoms. The van der Waals surface area contributed by atoms with Gasteiger partial charge in [-0.1, -0.05) is 0 Å².